The number of hydrogen-bond acceptors (Lipinski definition) is 4. The summed E-state index contributed by atoms with van der Waals surface area (Å²) in [6.07, 6.45) is 1.55. The molecule has 2 rings (SSSR count). The van der Waals surface area contributed by atoms with Gasteiger partial charge in [-0.2, -0.15) is 5.10 Å². The Bertz CT molecular complexity index is 684. The molecule has 1 aromatic heterocycles. The molecule has 0 unspecified atom stereocenters. The van der Waals surface area contributed by atoms with Gasteiger partial charge in [-0.25, -0.2) is 9.98 Å². The standard InChI is InChI=1S/C18H29N7.HI/c1-5-19-18(21-13-17-22-14-23-24(17)4)20-10-11-25(6-2)16-9-7-8-15(3)12-16;/h7-9,12,14H,5-6,10-11,13H2,1-4H3,(H2,19,20,21);1H. The number of nitrogens with zero attached hydrogens (tertiary/aromatic N) is 5. The summed E-state index contributed by atoms with van der Waals surface area (Å²) >= 11 is 0. The molecule has 0 fully saturated rings. The van der Waals surface area contributed by atoms with E-state index in [9.17, 15) is 0 Å². The molecular weight excluding hydrogens is 441 g/mol. The van der Waals surface area contributed by atoms with Crippen LogP contribution in [0.25, 0.3) is 0 Å². The monoisotopic (exact) mass is 471 g/mol. The quantitative estimate of drug-likeness (QED) is 0.352. The summed E-state index contributed by atoms with van der Waals surface area (Å²) in [5.74, 6) is 1.64. The van der Waals surface area contributed by atoms with Crippen LogP contribution in [0.5, 0.6) is 0 Å². The lowest BCUT2D eigenvalue weighted by atomic mass is 10.2. The molecule has 7 nitrogen and oxygen atoms in total. The number of aromatic nitrogens is 3. The van der Waals surface area contributed by atoms with Gasteiger partial charge in [0.25, 0.3) is 0 Å². The SMILES string of the molecule is CCNC(=NCc1ncnn1C)NCCN(CC)c1cccc(C)c1.I. The smallest absolute Gasteiger partial charge is 0.191 e. The lowest BCUT2D eigenvalue weighted by molar-refractivity contribution is 0.695. The molecule has 0 amide bonds. The molecule has 8 heteroatoms. The van der Waals surface area contributed by atoms with Gasteiger partial charge in [0, 0.05) is 38.9 Å². The molecule has 1 heterocycles. The number of benzene rings is 1. The maximum Gasteiger partial charge on any atom is 0.191 e. The number of hydrogen-bond donors (Lipinski definition) is 2. The number of guanidine groups is 1. The largest absolute Gasteiger partial charge is 0.370 e. The van der Waals surface area contributed by atoms with Gasteiger partial charge < -0.3 is 15.5 Å². The third-order valence-electron chi connectivity index (χ3n) is 3.95. The van der Waals surface area contributed by atoms with Crippen molar-refractivity contribution >= 4 is 35.6 Å². The van der Waals surface area contributed by atoms with E-state index in [-0.39, 0.29) is 24.0 Å². The van der Waals surface area contributed by atoms with Crippen molar-refractivity contribution in [2.24, 2.45) is 12.0 Å². The van der Waals surface area contributed by atoms with Crippen LogP contribution in [-0.4, -0.2) is 46.9 Å². The first-order valence-corrected chi connectivity index (χ1v) is 8.80. The first-order chi connectivity index (χ1) is 12.1. The predicted molar refractivity (Wildman–Crippen MR) is 118 cm³/mol. The van der Waals surface area contributed by atoms with Gasteiger partial charge in [-0.15, -0.1) is 24.0 Å². The second-order valence-corrected chi connectivity index (χ2v) is 5.84. The van der Waals surface area contributed by atoms with Crippen LogP contribution in [0.3, 0.4) is 0 Å². The molecule has 2 N–H and O–H groups in total. The Hall–Kier alpha value is -1.84. The van der Waals surface area contributed by atoms with Crippen LogP contribution in [0.4, 0.5) is 5.69 Å². The second-order valence-electron chi connectivity index (χ2n) is 5.84. The van der Waals surface area contributed by atoms with Crippen molar-refractivity contribution in [2.75, 3.05) is 31.1 Å². The van der Waals surface area contributed by atoms with Gasteiger partial charge in [-0.1, -0.05) is 12.1 Å². The van der Waals surface area contributed by atoms with Crippen LogP contribution >= 0.6 is 24.0 Å². The minimum atomic E-state index is 0. The third kappa shape index (κ3) is 6.81. The van der Waals surface area contributed by atoms with Crippen LogP contribution in [0.15, 0.2) is 35.6 Å². The molecule has 0 aliphatic rings. The molecule has 26 heavy (non-hydrogen) atoms. The fourth-order valence-electron chi connectivity index (χ4n) is 2.56. The summed E-state index contributed by atoms with van der Waals surface area (Å²) < 4.78 is 1.74. The van der Waals surface area contributed by atoms with Crippen molar-refractivity contribution in [3.8, 4) is 0 Å². The number of anilines is 1. The van der Waals surface area contributed by atoms with Crippen LogP contribution in [0.2, 0.25) is 0 Å². The first kappa shape index (κ1) is 22.2. The Morgan fingerprint density at radius 1 is 1.27 bits per heavy atom. The highest BCUT2D eigenvalue weighted by molar-refractivity contribution is 14.0. The van der Waals surface area contributed by atoms with Crippen molar-refractivity contribution in [3.63, 3.8) is 0 Å². The second kappa shape index (κ2) is 11.7. The average Bonchev–Trinajstić information content (AvgIpc) is 3.01. The number of rotatable bonds is 8. The molecular formula is C18H30IN7. The summed E-state index contributed by atoms with van der Waals surface area (Å²) in [6, 6.07) is 8.60. The van der Waals surface area contributed by atoms with E-state index in [4.69, 9.17) is 0 Å². The van der Waals surface area contributed by atoms with Gasteiger partial charge in [0.2, 0.25) is 0 Å². The van der Waals surface area contributed by atoms with Crippen molar-refractivity contribution in [3.05, 3.63) is 42.0 Å². The van der Waals surface area contributed by atoms with E-state index in [1.165, 1.54) is 11.3 Å². The highest BCUT2D eigenvalue weighted by Crippen LogP contribution is 2.14. The summed E-state index contributed by atoms with van der Waals surface area (Å²) in [4.78, 5) is 11.1. The normalized spacial score (nSPS) is 11.0. The molecule has 0 saturated carbocycles. The Kier molecular flexibility index (Phi) is 10.0. The number of aliphatic imine (C=N–C) groups is 1. The minimum Gasteiger partial charge on any atom is -0.370 e. The molecule has 0 saturated heterocycles. The molecule has 2 aromatic rings. The van der Waals surface area contributed by atoms with E-state index in [1.807, 2.05) is 7.05 Å². The predicted octanol–water partition coefficient (Wildman–Crippen LogP) is 2.32. The van der Waals surface area contributed by atoms with Crippen LogP contribution in [-0.2, 0) is 13.6 Å². The molecule has 144 valence electrons. The zero-order valence-electron chi connectivity index (χ0n) is 16.1. The van der Waals surface area contributed by atoms with Crippen LogP contribution in [0, 0.1) is 6.92 Å². The Morgan fingerprint density at radius 2 is 2.08 bits per heavy atom. The van der Waals surface area contributed by atoms with Crippen LogP contribution < -0.4 is 15.5 Å². The maximum atomic E-state index is 4.58. The van der Waals surface area contributed by atoms with E-state index in [0.29, 0.717) is 6.54 Å². The Morgan fingerprint density at radius 3 is 2.69 bits per heavy atom. The fraction of sp³-hybridized carbons (Fsp3) is 0.500. The zero-order chi connectivity index (χ0) is 18.1. The third-order valence-corrected chi connectivity index (χ3v) is 3.95. The maximum absolute atomic E-state index is 4.58. The molecule has 0 bridgehead atoms. The number of likely N-dealkylation sites (N-methyl/N-ethyl adjacent to an activating group) is 1. The lowest BCUT2D eigenvalue weighted by Crippen LogP contribution is -2.41. The van der Waals surface area contributed by atoms with E-state index in [1.54, 1.807) is 11.0 Å². The van der Waals surface area contributed by atoms with Gasteiger partial charge >= 0.3 is 0 Å². The van der Waals surface area contributed by atoms with Crippen LogP contribution in [0.1, 0.15) is 25.2 Å². The highest BCUT2D eigenvalue weighted by atomic mass is 127. The number of aryl methyl sites for hydroxylation is 2. The number of halogens is 1. The highest BCUT2D eigenvalue weighted by Gasteiger charge is 2.05. The molecule has 0 spiro atoms. The Labute approximate surface area is 173 Å². The zero-order valence-corrected chi connectivity index (χ0v) is 18.4. The van der Waals surface area contributed by atoms with Gasteiger partial charge in [0.1, 0.15) is 18.7 Å². The van der Waals surface area contributed by atoms with E-state index < -0.39 is 0 Å². The van der Waals surface area contributed by atoms with Crippen molar-refractivity contribution < 1.29 is 0 Å². The van der Waals surface area contributed by atoms with Crippen molar-refractivity contribution in [2.45, 2.75) is 27.3 Å². The van der Waals surface area contributed by atoms with Gasteiger partial charge in [-0.3, -0.25) is 4.68 Å². The summed E-state index contributed by atoms with van der Waals surface area (Å²) in [5.41, 5.74) is 2.54. The Balaban J connectivity index is 0.00000338. The van der Waals surface area contributed by atoms with Gasteiger partial charge in [-0.05, 0) is 38.5 Å². The summed E-state index contributed by atoms with van der Waals surface area (Å²) in [6.45, 7) is 10.4. The van der Waals surface area contributed by atoms with Crippen molar-refractivity contribution in [1.82, 2.24) is 25.4 Å². The summed E-state index contributed by atoms with van der Waals surface area (Å²) in [5, 5.41) is 10.7. The number of nitrogens with one attached hydrogen (secondary N) is 2. The fourth-order valence-corrected chi connectivity index (χ4v) is 2.56. The molecule has 1 aromatic carbocycles. The average molecular weight is 471 g/mol. The van der Waals surface area contributed by atoms with Crippen molar-refractivity contribution in [1.29, 1.82) is 0 Å². The lowest BCUT2D eigenvalue weighted by Gasteiger charge is -2.24. The van der Waals surface area contributed by atoms with Gasteiger partial charge in [0.05, 0.1) is 0 Å². The molecule has 0 aliphatic heterocycles. The van der Waals surface area contributed by atoms with E-state index in [0.717, 1.165) is 38.0 Å². The first-order valence-electron chi connectivity index (χ1n) is 8.80. The molecule has 0 atom stereocenters. The molecule has 0 aliphatic carbocycles. The van der Waals surface area contributed by atoms with E-state index in [2.05, 4.69) is 75.6 Å². The molecule has 0 radical (unpaired) electrons. The topological polar surface area (TPSA) is 70.4 Å². The van der Waals surface area contributed by atoms with E-state index >= 15 is 0 Å². The minimum absolute atomic E-state index is 0. The van der Waals surface area contributed by atoms with Gasteiger partial charge in [0.15, 0.2) is 5.96 Å². The summed E-state index contributed by atoms with van der Waals surface area (Å²) in [7, 11) is 1.87.